The third-order valence-electron chi connectivity index (χ3n) is 7.17. The first-order valence-corrected chi connectivity index (χ1v) is 12.3. The molecule has 1 unspecified atom stereocenters. The van der Waals surface area contributed by atoms with Crippen LogP contribution in [0.4, 0.5) is 22.0 Å². The second kappa shape index (κ2) is 9.51. The Kier molecular flexibility index (Phi) is 6.31. The molecule has 2 saturated heterocycles. The fourth-order valence-electron chi connectivity index (χ4n) is 5.36. The number of hydrogen-bond acceptors (Lipinski definition) is 4. The minimum absolute atomic E-state index is 0.0979. The maximum atomic E-state index is 13.9. The lowest BCUT2D eigenvalue weighted by Crippen LogP contribution is -2.47. The molecular weight excluding hydrogens is 414 g/mol. The van der Waals surface area contributed by atoms with E-state index in [2.05, 4.69) is 15.2 Å². The zero-order chi connectivity index (χ0) is 22.8. The highest BCUT2D eigenvalue weighted by Crippen LogP contribution is 2.38. The molecule has 7 heteroatoms. The molecule has 3 amide bonds. The quantitative estimate of drug-likeness (QED) is 0.734. The number of pyridine rings is 1. The lowest BCUT2D eigenvalue weighted by Gasteiger charge is -2.37. The van der Waals surface area contributed by atoms with Crippen LogP contribution in [0.15, 0.2) is 36.5 Å². The number of piperidine rings is 2. The highest BCUT2D eigenvalue weighted by Gasteiger charge is 2.35. The van der Waals surface area contributed by atoms with E-state index < -0.39 is 0 Å². The first-order chi connectivity index (χ1) is 16.1. The van der Waals surface area contributed by atoms with Crippen molar-refractivity contribution in [3.05, 3.63) is 47.7 Å². The van der Waals surface area contributed by atoms with Crippen molar-refractivity contribution >= 4 is 29.1 Å². The van der Waals surface area contributed by atoms with Crippen molar-refractivity contribution in [1.82, 2.24) is 14.8 Å². The Hall–Kier alpha value is -2.93. The van der Waals surface area contributed by atoms with Crippen LogP contribution in [0.25, 0.3) is 0 Å². The molecule has 3 aliphatic heterocycles. The van der Waals surface area contributed by atoms with Gasteiger partial charge in [-0.25, -0.2) is 14.7 Å². The van der Waals surface area contributed by atoms with Gasteiger partial charge in [0, 0.05) is 19.3 Å². The Morgan fingerprint density at radius 1 is 1.12 bits per heavy atom. The number of carbonyl (C=O) groups excluding carboxylic acids is 2. The van der Waals surface area contributed by atoms with Crippen molar-refractivity contribution in [1.29, 1.82) is 0 Å². The molecule has 7 nitrogen and oxygen atoms in total. The molecule has 0 radical (unpaired) electrons. The Labute approximate surface area is 195 Å². The Morgan fingerprint density at radius 2 is 1.97 bits per heavy atom. The zero-order valence-electron chi connectivity index (χ0n) is 19.4. The number of aryl methyl sites for hydroxylation is 1. The molecule has 174 valence electrons. The molecule has 2 aromatic rings. The van der Waals surface area contributed by atoms with Crippen LogP contribution in [-0.2, 0) is 0 Å². The maximum absolute atomic E-state index is 13.9. The van der Waals surface area contributed by atoms with Gasteiger partial charge in [-0.15, -0.1) is 0 Å². The average Bonchev–Trinajstić information content (AvgIpc) is 2.97. The monoisotopic (exact) mass is 447 g/mol. The summed E-state index contributed by atoms with van der Waals surface area (Å²) in [4.78, 5) is 37.6. The number of likely N-dealkylation sites (tertiary alicyclic amines) is 2. The standard InChI is InChI=1S/C26H33N5O2/c1-19-9-10-23-21(17-19)25(32)28-22-8-5-12-27-24(22)31(23)26(33)30-15-6-7-20(18-30)11-16-29-13-3-2-4-14-29/h5,8-10,12,17,20H,2-4,6-7,11,13-16,18H2,1H3,(H,28,32). The summed E-state index contributed by atoms with van der Waals surface area (Å²) in [5.74, 6) is 0.780. The van der Waals surface area contributed by atoms with Crippen LogP contribution in [0.3, 0.4) is 0 Å². The van der Waals surface area contributed by atoms with Crippen LogP contribution in [-0.4, -0.2) is 59.4 Å². The van der Waals surface area contributed by atoms with Crippen molar-refractivity contribution < 1.29 is 9.59 Å². The summed E-state index contributed by atoms with van der Waals surface area (Å²) in [6.07, 6.45) is 8.95. The molecule has 0 aliphatic carbocycles. The van der Waals surface area contributed by atoms with Crippen molar-refractivity contribution in [3.8, 4) is 0 Å². The minimum atomic E-state index is -0.212. The fourth-order valence-corrected chi connectivity index (χ4v) is 5.36. The summed E-state index contributed by atoms with van der Waals surface area (Å²) in [5, 5.41) is 2.94. The molecule has 1 aromatic carbocycles. The highest BCUT2D eigenvalue weighted by atomic mass is 16.2. The summed E-state index contributed by atoms with van der Waals surface area (Å²) in [5.41, 5.74) is 2.63. The van der Waals surface area contributed by atoms with Gasteiger partial charge in [-0.05, 0) is 88.8 Å². The number of amides is 3. The van der Waals surface area contributed by atoms with Crippen molar-refractivity contribution in [2.45, 2.75) is 45.4 Å². The third kappa shape index (κ3) is 4.60. The summed E-state index contributed by atoms with van der Waals surface area (Å²) in [7, 11) is 0. The average molecular weight is 448 g/mol. The summed E-state index contributed by atoms with van der Waals surface area (Å²) in [6.45, 7) is 6.99. The van der Waals surface area contributed by atoms with Gasteiger partial charge in [0.1, 0.15) is 0 Å². The van der Waals surface area contributed by atoms with E-state index in [0.29, 0.717) is 28.7 Å². The maximum Gasteiger partial charge on any atom is 0.330 e. The Bertz CT molecular complexity index is 1030. The Morgan fingerprint density at radius 3 is 2.82 bits per heavy atom. The molecule has 33 heavy (non-hydrogen) atoms. The van der Waals surface area contributed by atoms with Gasteiger partial charge in [0.2, 0.25) is 0 Å². The van der Waals surface area contributed by atoms with E-state index >= 15 is 0 Å². The van der Waals surface area contributed by atoms with Crippen molar-refractivity contribution in [2.75, 3.05) is 42.9 Å². The van der Waals surface area contributed by atoms with E-state index in [1.165, 1.54) is 38.8 Å². The molecular formula is C26H33N5O2. The number of benzene rings is 1. The first kappa shape index (κ1) is 21.9. The van der Waals surface area contributed by atoms with Crippen LogP contribution in [0, 0.1) is 12.8 Å². The van der Waals surface area contributed by atoms with E-state index in [1.54, 1.807) is 23.2 Å². The molecule has 0 bridgehead atoms. The normalized spacial score (nSPS) is 21.1. The van der Waals surface area contributed by atoms with E-state index in [9.17, 15) is 9.59 Å². The van der Waals surface area contributed by atoms with Gasteiger partial charge in [0.15, 0.2) is 5.82 Å². The predicted octanol–water partition coefficient (Wildman–Crippen LogP) is 4.80. The molecule has 3 aliphatic rings. The fraction of sp³-hybridized carbons (Fsp3) is 0.500. The zero-order valence-corrected chi connectivity index (χ0v) is 19.4. The van der Waals surface area contributed by atoms with Crippen LogP contribution >= 0.6 is 0 Å². The smallest absolute Gasteiger partial charge is 0.324 e. The van der Waals surface area contributed by atoms with E-state index in [4.69, 9.17) is 0 Å². The molecule has 1 aromatic heterocycles. The van der Waals surface area contributed by atoms with Gasteiger partial charge >= 0.3 is 6.03 Å². The molecule has 2 fully saturated rings. The molecule has 1 N–H and O–H groups in total. The summed E-state index contributed by atoms with van der Waals surface area (Å²) in [6, 6.07) is 9.13. The van der Waals surface area contributed by atoms with Gasteiger partial charge in [-0.2, -0.15) is 0 Å². The van der Waals surface area contributed by atoms with Crippen LogP contribution < -0.4 is 10.2 Å². The lowest BCUT2D eigenvalue weighted by atomic mass is 9.94. The van der Waals surface area contributed by atoms with E-state index in [0.717, 1.165) is 38.0 Å². The summed E-state index contributed by atoms with van der Waals surface area (Å²) >= 11 is 0. The van der Waals surface area contributed by atoms with Gasteiger partial charge in [0.25, 0.3) is 5.91 Å². The summed E-state index contributed by atoms with van der Waals surface area (Å²) < 4.78 is 0. The molecule has 1 atom stereocenters. The largest absolute Gasteiger partial charge is 0.330 e. The molecule has 0 saturated carbocycles. The van der Waals surface area contributed by atoms with Gasteiger partial charge in [-0.1, -0.05) is 18.1 Å². The number of carbonyl (C=O) groups is 2. The van der Waals surface area contributed by atoms with Gasteiger partial charge < -0.3 is 15.1 Å². The van der Waals surface area contributed by atoms with Crippen molar-refractivity contribution in [3.63, 3.8) is 0 Å². The topological polar surface area (TPSA) is 68.8 Å². The molecule has 5 rings (SSSR count). The number of aromatic nitrogens is 1. The van der Waals surface area contributed by atoms with Crippen LogP contribution in [0.5, 0.6) is 0 Å². The molecule has 0 spiro atoms. The van der Waals surface area contributed by atoms with Crippen LogP contribution in [0.1, 0.15) is 54.4 Å². The van der Waals surface area contributed by atoms with E-state index in [-0.39, 0.29) is 11.9 Å². The van der Waals surface area contributed by atoms with Crippen molar-refractivity contribution in [2.24, 2.45) is 5.92 Å². The highest BCUT2D eigenvalue weighted by molar-refractivity contribution is 6.16. The molecule has 4 heterocycles. The lowest BCUT2D eigenvalue weighted by molar-refractivity contribution is 0.102. The minimum Gasteiger partial charge on any atom is -0.324 e. The second-order valence-electron chi connectivity index (χ2n) is 9.61. The van der Waals surface area contributed by atoms with Crippen LogP contribution in [0.2, 0.25) is 0 Å². The predicted molar refractivity (Wildman–Crippen MR) is 130 cm³/mol. The number of rotatable bonds is 3. The number of nitrogens with one attached hydrogen (secondary N) is 1. The first-order valence-electron chi connectivity index (χ1n) is 12.3. The number of fused-ring (bicyclic) bond motifs is 2. The third-order valence-corrected chi connectivity index (χ3v) is 7.17. The van der Waals surface area contributed by atoms with Gasteiger partial charge in [-0.3, -0.25) is 4.79 Å². The van der Waals surface area contributed by atoms with Gasteiger partial charge in [0.05, 0.1) is 16.9 Å². The second-order valence-corrected chi connectivity index (χ2v) is 9.61. The Balaban J connectivity index is 1.39. The number of urea groups is 1. The number of hydrogen-bond donors (Lipinski definition) is 1. The van der Waals surface area contributed by atoms with E-state index in [1.807, 2.05) is 30.0 Å². The number of anilines is 3. The SMILES string of the molecule is Cc1ccc2c(c1)C(=O)Nc1cccnc1N2C(=O)N1CCCC(CCN2CCCCC2)C1. The number of nitrogens with zero attached hydrogens (tertiary/aromatic N) is 4.